The van der Waals surface area contributed by atoms with E-state index < -0.39 is 0 Å². The number of nitrogens with zero attached hydrogens (tertiary/aromatic N) is 2. The van der Waals surface area contributed by atoms with Gasteiger partial charge in [-0.2, -0.15) is 9.78 Å². The van der Waals surface area contributed by atoms with E-state index in [2.05, 4.69) is 5.10 Å². The van der Waals surface area contributed by atoms with E-state index in [9.17, 15) is 4.79 Å². The highest BCUT2D eigenvalue weighted by Gasteiger charge is 2.04. The van der Waals surface area contributed by atoms with Crippen molar-refractivity contribution in [3.8, 4) is 5.69 Å². The molecule has 0 aliphatic rings. The molecule has 2 N–H and O–H groups in total. The van der Waals surface area contributed by atoms with E-state index in [0.717, 1.165) is 16.8 Å². The van der Waals surface area contributed by atoms with Crippen LogP contribution in [0.1, 0.15) is 11.1 Å². The summed E-state index contributed by atoms with van der Waals surface area (Å²) in [6.45, 7) is 3.96. The van der Waals surface area contributed by atoms with Gasteiger partial charge in [0.15, 0.2) is 0 Å². The molecule has 1 aromatic carbocycles. The molecular formula is C12H13N3O. The summed E-state index contributed by atoms with van der Waals surface area (Å²) < 4.78 is 1.35. The summed E-state index contributed by atoms with van der Waals surface area (Å²) in [7, 11) is 0. The second-order valence-corrected chi connectivity index (χ2v) is 3.83. The van der Waals surface area contributed by atoms with E-state index >= 15 is 0 Å². The van der Waals surface area contributed by atoms with Crippen LogP contribution in [0.25, 0.3) is 5.69 Å². The number of aromatic nitrogens is 2. The molecule has 2 aromatic rings. The minimum Gasteiger partial charge on any atom is -0.397 e. The van der Waals surface area contributed by atoms with Crippen molar-refractivity contribution in [3.63, 3.8) is 0 Å². The van der Waals surface area contributed by atoms with Crippen molar-refractivity contribution in [3.05, 3.63) is 51.9 Å². The van der Waals surface area contributed by atoms with Gasteiger partial charge in [-0.05, 0) is 25.5 Å². The predicted octanol–water partition coefficient (Wildman–Crippen LogP) is 1.43. The minimum atomic E-state index is -0.216. The summed E-state index contributed by atoms with van der Waals surface area (Å²) in [5, 5.41) is 4.02. The maximum absolute atomic E-state index is 11.7. The molecule has 4 heteroatoms. The van der Waals surface area contributed by atoms with Gasteiger partial charge < -0.3 is 5.73 Å². The van der Waals surface area contributed by atoms with Crippen LogP contribution in [-0.4, -0.2) is 9.78 Å². The molecule has 0 radical (unpaired) electrons. The van der Waals surface area contributed by atoms with Crippen LogP contribution >= 0.6 is 0 Å². The van der Waals surface area contributed by atoms with Gasteiger partial charge in [-0.15, -0.1) is 0 Å². The van der Waals surface area contributed by atoms with Crippen LogP contribution in [0, 0.1) is 13.8 Å². The minimum absolute atomic E-state index is 0.216. The number of anilines is 1. The third-order valence-electron chi connectivity index (χ3n) is 2.40. The monoisotopic (exact) mass is 215 g/mol. The van der Waals surface area contributed by atoms with E-state index in [1.807, 2.05) is 32.0 Å². The van der Waals surface area contributed by atoms with Crippen molar-refractivity contribution in [1.82, 2.24) is 9.78 Å². The first kappa shape index (κ1) is 10.4. The zero-order chi connectivity index (χ0) is 11.7. The number of hydrogen-bond donors (Lipinski definition) is 1. The van der Waals surface area contributed by atoms with Gasteiger partial charge in [-0.1, -0.05) is 17.7 Å². The van der Waals surface area contributed by atoms with Gasteiger partial charge in [0.05, 0.1) is 17.6 Å². The molecule has 4 nitrogen and oxygen atoms in total. The molecule has 0 atom stereocenters. The average Bonchev–Trinajstić information content (AvgIpc) is 2.19. The molecule has 0 aliphatic carbocycles. The molecule has 0 bridgehead atoms. The molecule has 82 valence electrons. The summed E-state index contributed by atoms with van der Waals surface area (Å²) in [6.07, 6.45) is 1.47. The number of benzene rings is 1. The molecule has 0 amide bonds. The fourth-order valence-electron chi connectivity index (χ4n) is 1.65. The van der Waals surface area contributed by atoms with Gasteiger partial charge in [-0.25, -0.2) is 0 Å². The van der Waals surface area contributed by atoms with Crippen LogP contribution in [-0.2, 0) is 0 Å². The number of rotatable bonds is 1. The Morgan fingerprint density at radius 3 is 2.62 bits per heavy atom. The first-order chi connectivity index (χ1) is 7.58. The SMILES string of the molecule is Cc1ccc(-n2ncc(N)cc2=O)c(C)c1. The largest absolute Gasteiger partial charge is 0.397 e. The van der Waals surface area contributed by atoms with E-state index in [0.29, 0.717) is 5.69 Å². The number of hydrogen-bond acceptors (Lipinski definition) is 3. The smallest absolute Gasteiger partial charge is 0.273 e. The van der Waals surface area contributed by atoms with Crippen LogP contribution in [0.5, 0.6) is 0 Å². The van der Waals surface area contributed by atoms with Crippen LogP contribution in [0.2, 0.25) is 0 Å². The number of nitrogens with two attached hydrogens (primary N) is 1. The number of aryl methyl sites for hydroxylation is 2. The van der Waals surface area contributed by atoms with E-state index in [4.69, 9.17) is 5.73 Å². The third-order valence-corrected chi connectivity index (χ3v) is 2.40. The van der Waals surface area contributed by atoms with Crippen molar-refractivity contribution in [2.75, 3.05) is 5.73 Å². The Morgan fingerprint density at radius 2 is 2.00 bits per heavy atom. The van der Waals surface area contributed by atoms with Gasteiger partial charge in [0.25, 0.3) is 5.56 Å². The molecule has 0 fully saturated rings. The molecule has 1 heterocycles. The summed E-state index contributed by atoms with van der Waals surface area (Å²) in [5.74, 6) is 0. The summed E-state index contributed by atoms with van der Waals surface area (Å²) >= 11 is 0. The molecule has 0 aliphatic heterocycles. The van der Waals surface area contributed by atoms with Gasteiger partial charge in [0.1, 0.15) is 0 Å². The molecule has 2 rings (SSSR count). The first-order valence-electron chi connectivity index (χ1n) is 5.00. The molecule has 0 saturated carbocycles. The molecule has 0 spiro atoms. The lowest BCUT2D eigenvalue weighted by Crippen LogP contribution is -2.21. The third kappa shape index (κ3) is 1.82. The average molecular weight is 215 g/mol. The molecule has 16 heavy (non-hydrogen) atoms. The number of nitrogen functional groups attached to an aromatic ring is 1. The molecule has 0 unspecified atom stereocenters. The normalized spacial score (nSPS) is 10.4. The maximum Gasteiger partial charge on any atom is 0.273 e. The highest BCUT2D eigenvalue weighted by molar-refractivity contribution is 5.43. The Morgan fingerprint density at radius 1 is 1.25 bits per heavy atom. The highest BCUT2D eigenvalue weighted by Crippen LogP contribution is 2.12. The lowest BCUT2D eigenvalue weighted by Gasteiger charge is -2.08. The zero-order valence-corrected chi connectivity index (χ0v) is 9.27. The lowest BCUT2D eigenvalue weighted by atomic mass is 10.1. The van der Waals surface area contributed by atoms with Crippen LogP contribution in [0.3, 0.4) is 0 Å². The Labute approximate surface area is 93.3 Å². The highest BCUT2D eigenvalue weighted by atomic mass is 16.1. The van der Waals surface area contributed by atoms with Crippen molar-refractivity contribution < 1.29 is 0 Å². The topological polar surface area (TPSA) is 60.9 Å². The Kier molecular flexibility index (Phi) is 2.48. The summed E-state index contributed by atoms with van der Waals surface area (Å²) in [5.41, 5.74) is 8.61. The fourth-order valence-corrected chi connectivity index (χ4v) is 1.65. The lowest BCUT2D eigenvalue weighted by molar-refractivity contribution is 0.803. The maximum atomic E-state index is 11.7. The quantitative estimate of drug-likeness (QED) is 0.782. The Bertz CT molecular complexity index is 587. The second-order valence-electron chi connectivity index (χ2n) is 3.83. The van der Waals surface area contributed by atoms with E-state index in [-0.39, 0.29) is 5.56 Å². The van der Waals surface area contributed by atoms with Crippen LogP contribution in [0.4, 0.5) is 5.69 Å². The molecule has 0 saturated heterocycles. The van der Waals surface area contributed by atoms with Crippen molar-refractivity contribution in [2.45, 2.75) is 13.8 Å². The van der Waals surface area contributed by atoms with Crippen molar-refractivity contribution in [1.29, 1.82) is 0 Å². The van der Waals surface area contributed by atoms with Gasteiger partial charge in [0.2, 0.25) is 0 Å². The first-order valence-corrected chi connectivity index (χ1v) is 5.00. The summed E-state index contributed by atoms with van der Waals surface area (Å²) in [4.78, 5) is 11.7. The van der Waals surface area contributed by atoms with Crippen molar-refractivity contribution in [2.24, 2.45) is 0 Å². The van der Waals surface area contributed by atoms with Crippen LogP contribution < -0.4 is 11.3 Å². The second kappa shape index (κ2) is 3.81. The zero-order valence-electron chi connectivity index (χ0n) is 9.27. The van der Waals surface area contributed by atoms with Gasteiger partial charge >= 0.3 is 0 Å². The summed E-state index contributed by atoms with van der Waals surface area (Å²) in [6, 6.07) is 7.22. The van der Waals surface area contributed by atoms with Crippen molar-refractivity contribution >= 4 is 5.69 Å². The fraction of sp³-hybridized carbons (Fsp3) is 0.167. The Balaban J connectivity index is 2.63. The van der Waals surface area contributed by atoms with E-state index in [1.165, 1.54) is 16.9 Å². The van der Waals surface area contributed by atoms with Gasteiger partial charge in [-0.3, -0.25) is 4.79 Å². The molecule has 1 aromatic heterocycles. The van der Waals surface area contributed by atoms with Gasteiger partial charge in [0, 0.05) is 6.07 Å². The standard InChI is InChI=1S/C12H13N3O/c1-8-3-4-11(9(2)5-8)15-12(16)6-10(13)7-14-15/h3-7H,13H2,1-2H3. The van der Waals surface area contributed by atoms with Crippen LogP contribution in [0.15, 0.2) is 35.3 Å². The molecular weight excluding hydrogens is 202 g/mol. The predicted molar refractivity (Wildman–Crippen MR) is 63.7 cm³/mol. The Hall–Kier alpha value is -2.10. The van der Waals surface area contributed by atoms with E-state index in [1.54, 1.807) is 0 Å².